The van der Waals surface area contributed by atoms with E-state index in [1.165, 1.54) is 0 Å². The Morgan fingerprint density at radius 3 is 3.11 bits per heavy atom. The summed E-state index contributed by atoms with van der Waals surface area (Å²) >= 11 is 0. The third kappa shape index (κ3) is 2.91. The van der Waals surface area contributed by atoms with Crippen LogP contribution in [0, 0.1) is 0 Å². The fraction of sp³-hybridized carbons (Fsp3) is 0.769. The normalized spacial score (nSPS) is 23.2. The lowest BCUT2D eigenvalue weighted by atomic mass is 10.1. The highest BCUT2D eigenvalue weighted by Crippen LogP contribution is 2.22. The van der Waals surface area contributed by atoms with Gasteiger partial charge in [-0.3, -0.25) is 9.58 Å². The molecule has 1 N–H and O–H groups in total. The molecule has 0 amide bonds. The van der Waals surface area contributed by atoms with E-state index in [1.807, 2.05) is 10.7 Å². The Morgan fingerprint density at radius 2 is 2.39 bits per heavy atom. The van der Waals surface area contributed by atoms with Crippen LogP contribution in [0.4, 0.5) is 0 Å². The summed E-state index contributed by atoms with van der Waals surface area (Å²) in [5.74, 6) is 0. The molecule has 2 unspecified atom stereocenters. The van der Waals surface area contributed by atoms with E-state index in [0.29, 0.717) is 6.61 Å². The van der Waals surface area contributed by atoms with Crippen molar-refractivity contribution in [2.75, 3.05) is 26.2 Å². The lowest BCUT2D eigenvalue weighted by Gasteiger charge is -2.34. The van der Waals surface area contributed by atoms with Gasteiger partial charge in [0.15, 0.2) is 0 Å². The number of nitrogens with zero attached hydrogens (tertiary/aromatic N) is 3. The molecule has 0 spiro atoms. The maximum Gasteiger partial charge on any atom is 0.123 e. The van der Waals surface area contributed by atoms with Crippen molar-refractivity contribution < 1.29 is 9.84 Å². The van der Waals surface area contributed by atoms with E-state index < -0.39 is 6.10 Å². The van der Waals surface area contributed by atoms with Crippen LogP contribution in [0.2, 0.25) is 0 Å². The van der Waals surface area contributed by atoms with Crippen LogP contribution in [0.5, 0.6) is 0 Å². The molecule has 2 atom stereocenters. The number of aryl methyl sites for hydroxylation is 1. The van der Waals surface area contributed by atoms with Crippen molar-refractivity contribution in [2.45, 2.75) is 39.0 Å². The van der Waals surface area contributed by atoms with E-state index >= 15 is 0 Å². The fourth-order valence-electron chi connectivity index (χ4n) is 2.39. The Labute approximate surface area is 108 Å². The lowest BCUT2D eigenvalue weighted by Crippen LogP contribution is -2.45. The van der Waals surface area contributed by atoms with Crippen LogP contribution in [-0.2, 0) is 11.3 Å². The topological polar surface area (TPSA) is 50.5 Å². The lowest BCUT2D eigenvalue weighted by molar-refractivity contribution is -0.0912. The monoisotopic (exact) mass is 253 g/mol. The van der Waals surface area contributed by atoms with Crippen molar-refractivity contribution in [3.8, 4) is 0 Å². The third-order valence-corrected chi connectivity index (χ3v) is 3.46. The summed E-state index contributed by atoms with van der Waals surface area (Å²) < 4.78 is 7.57. The minimum absolute atomic E-state index is 0.147. The average molecular weight is 253 g/mol. The highest BCUT2D eigenvalue weighted by molar-refractivity contribution is 5.07. The van der Waals surface area contributed by atoms with Gasteiger partial charge in [0.25, 0.3) is 0 Å². The summed E-state index contributed by atoms with van der Waals surface area (Å²) in [6.45, 7) is 8.51. The molecule has 2 rings (SSSR count). The van der Waals surface area contributed by atoms with Crippen molar-refractivity contribution in [1.82, 2.24) is 14.7 Å². The van der Waals surface area contributed by atoms with Crippen molar-refractivity contribution in [3.05, 3.63) is 18.0 Å². The number of hydrogen-bond donors (Lipinski definition) is 1. The highest BCUT2D eigenvalue weighted by atomic mass is 16.5. The number of ether oxygens (including phenoxy) is 1. The number of rotatable bonds is 5. The van der Waals surface area contributed by atoms with Crippen molar-refractivity contribution >= 4 is 0 Å². The molecule has 2 heterocycles. The Hall–Kier alpha value is -0.910. The predicted molar refractivity (Wildman–Crippen MR) is 69.3 cm³/mol. The molecule has 1 aliphatic rings. The first-order valence-corrected chi connectivity index (χ1v) is 6.80. The van der Waals surface area contributed by atoms with Crippen LogP contribution < -0.4 is 0 Å². The Kier molecular flexibility index (Phi) is 4.74. The van der Waals surface area contributed by atoms with E-state index in [-0.39, 0.29) is 6.10 Å². The average Bonchev–Trinajstić information content (AvgIpc) is 2.86. The largest absolute Gasteiger partial charge is 0.384 e. The van der Waals surface area contributed by atoms with Crippen LogP contribution in [0.15, 0.2) is 12.3 Å². The van der Waals surface area contributed by atoms with Gasteiger partial charge < -0.3 is 9.84 Å². The summed E-state index contributed by atoms with van der Waals surface area (Å²) in [5, 5.41) is 14.7. The van der Waals surface area contributed by atoms with Gasteiger partial charge in [0, 0.05) is 25.8 Å². The molecule has 0 bridgehead atoms. The SMILES string of the molecule is CCCn1nccc1C(O)C1CN(CC)CCO1. The van der Waals surface area contributed by atoms with Crippen molar-refractivity contribution in [3.63, 3.8) is 0 Å². The molecule has 1 aliphatic heterocycles. The number of aliphatic hydroxyl groups excluding tert-OH is 1. The molecule has 102 valence electrons. The number of aromatic nitrogens is 2. The zero-order valence-electron chi connectivity index (χ0n) is 11.2. The number of morpholine rings is 1. The molecule has 0 saturated carbocycles. The van der Waals surface area contributed by atoms with Crippen molar-refractivity contribution in [1.29, 1.82) is 0 Å². The van der Waals surface area contributed by atoms with Gasteiger partial charge in [0.05, 0.1) is 12.3 Å². The molecule has 0 aliphatic carbocycles. The van der Waals surface area contributed by atoms with Crippen molar-refractivity contribution in [2.24, 2.45) is 0 Å². The molecular weight excluding hydrogens is 230 g/mol. The summed E-state index contributed by atoms with van der Waals surface area (Å²) in [6, 6.07) is 1.88. The zero-order chi connectivity index (χ0) is 13.0. The van der Waals surface area contributed by atoms with Gasteiger partial charge in [-0.25, -0.2) is 0 Å². The van der Waals surface area contributed by atoms with Crippen LogP contribution in [0.25, 0.3) is 0 Å². The van der Waals surface area contributed by atoms with Crippen LogP contribution >= 0.6 is 0 Å². The fourth-order valence-corrected chi connectivity index (χ4v) is 2.39. The summed E-state index contributed by atoms with van der Waals surface area (Å²) in [5.41, 5.74) is 0.861. The van der Waals surface area contributed by atoms with Gasteiger partial charge in [-0.1, -0.05) is 13.8 Å². The molecule has 18 heavy (non-hydrogen) atoms. The van der Waals surface area contributed by atoms with Gasteiger partial charge in [-0.05, 0) is 19.0 Å². The Bertz CT molecular complexity index is 367. The number of aliphatic hydroxyl groups is 1. The van der Waals surface area contributed by atoms with Crippen LogP contribution in [-0.4, -0.2) is 52.1 Å². The van der Waals surface area contributed by atoms with Gasteiger partial charge in [-0.2, -0.15) is 5.10 Å². The second kappa shape index (κ2) is 6.31. The molecule has 5 nitrogen and oxygen atoms in total. The standard InChI is InChI=1S/C13H23N3O2/c1-3-7-16-11(5-6-14-16)13(17)12-10-15(4-2)8-9-18-12/h5-6,12-13,17H,3-4,7-10H2,1-2H3. The molecule has 1 saturated heterocycles. The predicted octanol–water partition coefficient (Wildman–Crippen LogP) is 1.05. The van der Waals surface area contributed by atoms with Gasteiger partial charge in [0.2, 0.25) is 0 Å². The molecular formula is C13H23N3O2. The van der Waals surface area contributed by atoms with Gasteiger partial charge in [0.1, 0.15) is 12.2 Å². The number of likely N-dealkylation sites (N-methyl/N-ethyl adjacent to an activating group) is 1. The molecule has 0 radical (unpaired) electrons. The summed E-state index contributed by atoms with van der Waals surface area (Å²) in [6.07, 6.45) is 2.02. The second-order valence-electron chi connectivity index (χ2n) is 4.73. The van der Waals surface area contributed by atoms with E-state index in [0.717, 1.165) is 38.3 Å². The number of hydrogen-bond acceptors (Lipinski definition) is 4. The highest BCUT2D eigenvalue weighted by Gasteiger charge is 2.29. The first-order chi connectivity index (χ1) is 8.76. The maximum absolute atomic E-state index is 10.4. The first kappa shape index (κ1) is 13.5. The zero-order valence-corrected chi connectivity index (χ0v) is 11.2. The van der Waals surface area contributed by atoms with E-state index in [2.05, 4.69) is 23.8 Å². The van der Waals surface area contributed by atoms with Crippen LogP contribution in [0.1, 0.15) is 32.1 Å². The van der Waals surface area contributed by atoms with E-state index in [9.17, 15) is 5.11 Å². The quantitative estimate of drug-likeness (QED) is 0.852. The molecule has 1 fully saturated rings. The van der Waals surface area contributed by atoms with E-state index in [1.54, 1.807) is 6.20 Å². The van der Waals surface area contributed by atoms with Crippen LogP contribution in [0.3, 0.4) is 0 Å². The molecule has 1 aromatic heterocycles. The second-order valence-corrected chi connectivity index (χ2v) is 4.73. The first-order valence-electron chi connectivity index (χ1n) is 6.80. The molecule has 1 aromatic rings. The summed E-state index contributed by atoms with van der Waals surface area (Å²) in [7, 11) is 0. The van der Waals surface area contributed by atoms with E-state index in [4.69, 9.17) is 4.74 Å². The molecule has 0 aromatic carbocycles. The smallest absolute Gasteiger partial charge is 0.123 e. The minimum atomic E-state index is -0.589. The van der Waals surface area contributed by atoms with Gasteiger partial charge >= 0.3 is 0 Å². The summed E-state index contributed by atoms with van der Waals surface area (Å²) in [4.78, 5) is 2.30. The minimum Gasteiger partial charge on any atom is -0.384 e. The molecule has 5 heteroatoms. The van der Waals surface area contributed by atoms with Gasteiger partial charge in [-0.15, -0.1) is 0 Å². The Morgan fingerprint density at radius 1 is 1.56 bits per heavy atom. The maximum atomic E-state index is 10.4. The Balaban J connectivity index is 2.05. The third-order valence-electron chi connectivity index (χ3n) is 3.46.